The zero-order valence-electron chi connectivity index (χ0n) is 17.2. The van der Waals surface area contributed by atoms with E-state index in [9.17, 15) is 10.3 Å². The summed E-state index contributed by atoms with van der Waals surface area (Å²) >= 11 is 0. The van der Waals surface area contributed by atoms with E-state index in [1.54, 1.807) is 0 Å². The summed E-state index contributed by atoms with van der Waals surface area (Å²) in [5.41, 5.74) is 1.68. The molecule has 0 radical (unpaired) electrons. The summed E-state index contributed by atoms with van der Waals surface area (Å²) in [5, 5.41) is 23.1. The van der Waals surface area contributed by atoms with E-state index in [2.05, 4.69) is 31.8 Å². The molecule has 2 N–H and O–H groups in total. The lowest BCUT2D eigenvalue weighted by Gasteiger charge is -2.60. The molecule has 3 nitrogen and oxygen atoms in total. The van der Waals surface area contributed by atoms with Crippen molar-refractivity contribution in [2.75, 3.05) is 0 Å². The van der Waals surface area contributed by atoms with Crippen LogP contribution in [0.2, 0.25) is 0 Å². The first-order chi connectivity index (χ1) is 12.5. The van der Waals surface area contributed by atoms with Gasteiger partial charge in [0, 0.05) is 5.41 Å². The van der Waals surface area contributed by atoms with Crippen molar-refractivity contribution in [2.24, 2.45) is 39.7 Å². The van der Waals surface area contributed by atoms with E-state index in [1.807, 2.05) is 13.8 Å². The molecule has 0 spiro atoms. The number of fused-ring (bicyclic) bond motifs is 5. The first kappa shape index (κ1) is 21.3. The summed E-state index contributed by atoms with van der Waals surface area (Å²) in [6.45, 7) is 8.88. The Morgan fingerprint density at radius 1 is 0.962 bits per heavy atom. The highest BCUT2D eigenvalue weighted by Crippen LogP contribution is 2.65. The lowest BCUT2D eigenvalue weighted by Crippen LogP contribution is -2.54. The summed E-state index contributed by atoms with van der Waals surface area (Å²) < 4.78 is 0. The van der Waals surface area contributed by atoms with Crippen molar-refractivity contribution in [3.8, 4) is 12.8 Å². The molecule has 0 amide bonds. The molecule has 0 aromatic rings. The van der Waals surface area contributed by atoms with Gasteiger partial charge in [-0.25, -0.2) is 0 Å². The van der Waals surface area contributed by atoms with Gasteiger partial charge in [-0.3, -0.25) is 0 Å². The third kappa shape index (κ3) is 3.19. The Labute approximate surface area is 160 Å². The number of rotatable bonds is 0. The van der Waals surface area contributed by atoms with E-state index in [4.69, 9.17) is 0 Å². The maximum absolute atomic E-state index is 10.1. The van der Waals surface area contributed by atoms with Crippen LogP contribution in [-0.2, 0) is 0 Å². The predicted octanol–water partition coefficient (Wildman–Crippen LogP) is 5.50. The van der Waals surface area contributed by atoms with E-state index >= 15 is 0 Å². The molecule has 3 heteroatoms. The van der Waals surface area contributed by atoms with Crippen molar-refractivity contribution < 1.29 is 10.3 Å². The van der Waals surface area contributed by atoms with Gasteiger partial charge in [0.05, 0.1) is 11.8 Å². The summed E-state index contributed by atoms with van der Waals surface area (Å²) in [4.78, 5) is 0. The fourth-order valence-electron chi connectivity index (χ4n) is 7.19. The Balaban J connectivity index is 0.000000570. The summed E-state index contributed by atoms with van der Waals surface area (Å²) in [7, 11) is 0. The third-order valence-corrected chi connectivity index (χ3v) is 8.50. The second-order valence-corrected chi connectivity index (χ2v) is 9.13. The highest BCUT2D eigenvalue weighted by atomic mass is 16.4. The fraction of sp³-hybridized carbons (Fsp3) is 0.870. The summed E-state index contributed by atoms with van der Waals surface area (Å²) in [5.74, 6) is 3.10. The topological polar surface area (TPSA) is 52.8 Å². The van der Waals surface area contributed by atoms with E-state index in [1.165, 1.54) is 38.5 Å². The van der Waals surface area contributed by atoms with E-state index in [-0.39, 0.29) is 11.5 Å². The maximum atomic E-state index is 10.1. The van der Waals surface area contributed by atoms with Crippen LogP contribution >= 0.6 is 0 Å². The van der Waals surface area contributed by atoms with E-state index in [0.29, 0.717) is 5.41 Å². The average molecular weight is 362 g/mol. The molecule has 148 valence electrons. The van der Waals surface area contributed by atoms with Gasteiger partial charge in [-0.1, -0.05) is 32.9 Å². The molecule has 4 fully saturated rings. The van der Waals surface area contributed by atoms with Crippen molar-refractivity contribution in [3.05, 3.63) is 0 Å². The van der Waals surface area contributed by atoms with Gasteiger partial charge in [-0.05, 0) is 86.9 Å². The Hall–Kier alpha value is -1.01. The van der Waals surface area contributed by atoms with Gasteiger partial charge < -0.3 is 10.3 Å². The van der Waals surface area contributed by atoms with Crippen LogP contribution in [0.4, 0.5) is 0 Å². The van der Waals surface area contributed by atoms with Crippen molar-refractivity contribution in [3.63, 3.8) is 0 Å². The number of hydrogen-bond acceptors (Lipinski definition) is 3. The van der Waals surface area contributed by atoms with Crippen LogP contribution in [0.1, 0.15) is 85.5 Å². The molecule has 7 unspecified atom stereocenters. The number of aliphatic hydroxyl groups excluding tert-OH is 1. The molecule has 0 aromatic carbocycles. The SMILES string of the molecule is C#C.CC.CC12CCC3C(CCC4CC(O)CCC43C)C1CC/C2=N\O. The molecule has 26 heavy (non-hydrogen) atoms. The fourth-order valence-corrected chi connectivity index (χ4v) is 7.19. The molecule has 0 bridgehead atoms. The smallest absolute Gasteiger partial charge is 0.0632 e. The number of terminal acetylenes is 1. The van der Waals surface area contributed by atoms with Gasteiger partial charge >= 0.3 is 0 Å². The zero-order valence-corrected chi connectivity index (χ0v) is 17.2. The van der Waals surface area contributed by atoms with Gasteiger partial charge in [-0.2, -0.15) is 0 Å². The van der Waals surface area contributed by atoms with Gasteiger partial charge in [0.2, 0.25) is 0 Å². The Kier molecular flexibility index (Phi) is 6.83. The largest absolute Gasteiger partial charge is 0.411 e. The molecule has 4 saturated carbocycles. The highest BCUT2D eigenvalue weighted by molar-refractivity contribution is 5.91. The summed E-state index contributed by atoms with van der Waals surface area (Å²) in [6.07, 6.45) is 18.5. The highest BCUT2D eigenvalue weighted by Gasteiger charge is 2.59. The van der Waals surface area contributed by atoms with Crippen LogP contribution in [0.15, 0.2) is 5.16 Å². The molecule has 4 aliphatic carbocycles. The van der Waals surface area contributed by atoms with Crippen LogP contribution in [0.3, 0.4) is 0 Å². The van der Waals surface area contributed by atoms with Gasteiger partial charge in [0.25, 0.3) is 0 Å². The minimum Gasteiger partial charge on any atom is -0.411 e. The predicted molar refractivity (Wildman–Crippen MR) is 108 cm³/mol. The molecular formula is C23H39NO2. The molecule has 4 aliphatic rings. The maximum Gasteiger partial charge on any atom is 0.0632 e. The minimum atomic E-state index is -0.0527. The van der Waals surface area contributed by atoms with E-state index in [0.717, 1.165) is 48.6 Å². The molecule has 0 aliphatic heterocycles. The first-order valence-corrected chi connectivity index (χ1v) is 10.7. The molecule has 7 atom stereocenters. The molecular weight excluding hydrogens is 322 g/mol. The Morgan fingerprint density at radius 3 is 2.31 bits per heavy atom. The summed E-state index contributed by atoms with van der Waals surface area (Å²) in [6, 6.07) is 0. The lowest BCUT2D eigenvalue weighted by molar-refractivity contribution is -0.114. The van der Waals surface area contributed by atoms with Crippen LogP contribution in [0.25, 0.3) is 0 Å². The molecule has 0 heterocycles. The van der Waals surface area contributed by atoms with Gasteiger partial charge in [0.1, 0.15) is 0 Å². The zero-order chi connectivity index (χ0) is 19.5. The second-order valence-electron chi connectivity index (χ2n) is 9.13. The Morgan fingerprint density at radius 2 is 1.65 bits per heavy atom. The van der Waals surface area contributed by atoms with E-state index < -0.39 is 0 Å². The second kappa shape index (κ2) is 8.34. The number of oxime groups is 1. The Bertz CT molecular complexity index is 528. The standard InChI is InChI=1S/C19H31NO2.C2H6.C2H2/c1-18-9-7-13(21)11-12(18)3-4-14-15-5-6-17(20-22)19(15,2)10-8-16(14)18;2*1-2/h12-16,21-22H,3-11H2,1-2H3;1-2H3;1-2H/b20-17+;;. The lowest BCUT2D eigenvalue weighted by atomic mass is 9.45. The van der Waals surface area contributed by atoms with Crippen LogP contribution < -0.4 is 0 Å². The van der Waals surface area contributed by atoms with Gasteiger partial charge in [0.15, 0.2) is 0 Å². The normalized spacial score (nSPS) is 48.0. The van der Waals surface area contributed by atoms with Crippen molar-refractivity contribution in [1.29, 1.82) is 0 Å². The number of hydrogen-bond donors (Lipinski definition) is 2. The molecule has 0 aromatic heterocycles. The van der Waals surface area contributed by atoms with Crippen molar-refractivity contribution in [1.82, 2.24) is 0 Å². The minimum absolute atomic E-state index is 0.0527. The quantitative estimate of drug-likeness (QED) is 0.340. The number of aliphatic hydroxyl groups is 1. The third-order valence-electron chi connectivity index (χ3n) is 8.50. The number of nitrogens with zero attached hydrogens (tertiary/aromatic N) is 1. The van der Waals surface area contributed by atoms with Crippen molar-refractivity contribution >= 4 is 5.71 Å². The van der Waals surface area contributed by atoms with Gasteiger partial charge in [-0.15, -0.1) is 12.8 Å². The molecule has 0 saturated heterocycles. The average Bonchev–Trinajstić information content (AvgIpc) is 3.02. The first-order valence-electron chi connectivity index (χ1n) is 10.7. The van der Waals surface area contributed by atoms with Crippen LogP contribution in [0, 0.1) is 47.3 Å². The van der Waals surface area contributed by atoms with Crippen LogP contribution in [0.5, 0.6) is 0 Å². The molecule has 4 rings (SSSR count). The van der Waals surface area contributed by atoms with Crippen molar-refractivity contribution in [2.45, 2.75) is 91.6 Å². The monoisotopic (exact) mass is 361 g/mol. The van der Waals surface area contributed by atoms with Crippen LogP contribution in [-0.4, -0.2) is 22.1 Å².